The molecule has 1 unspecified atom stereocenters. The van der Waals surface area contributed by atoms with E-state index in [1.807, 2.05) is 0 Å². The van der Waals surface area contributed by atoms with Crippen molar-refractivity contribution in [3.63, 3.8) is 0 Å². The topological polar surface area (TPSA) is 64.6 Å². The van der Waals surface area contributed by atoms with Crippen molar-refractivity contribution in [2.75, 3.05) is 0 Å². The molecule has 0 saturated carbocycles. The van der Waals surface area contributed by atoms with Crippen LogP contribution in [0.1, 0.15) is 40.2 Å². The molecule has 5 nitrogen and oxygen atoms in total. The summed E-state index contributed by atoms with van der Waals surface area (Å²) in [5, 5.41) is 2.52. The molecule has 1 aromatic rings. The molecule has 1 N–H and O–H groups in total. The zero-order chi connectivity index (χ0) is 17.6. The van der Waals surface area contributed by atoms with Crippen molar-refractivity contribution in [2.24, 2.45) is 5.92 Å². The largest absolute Gasteiger partial charge is 0.459 e. The highest BCUT2D eigenvalue weighted by Crippen LogP contribution is 2.11. The maximum absolute atomic E-state index is 12.8. The standard InChI is InChI=1S/C17H24FNO4/c1-11(2)14(19-16(21)23-17(3,4)5)15(20)22-10-12-6-8-13(18)9-7-12/h6-9,11,14H,10H2,1-5H3,(H,19,21). The molecule has 6 heteroatoms. The quantitative estimate of drug-likeness (QED) is 0.843. The first kappa shape index (κ1) is 18.9. The van der Waals surface area contributed by atoms with Crippen LogP contribution in [0.15, 0.2) is 24.3 Å². The third-order valence-electron chi connectivity index (χ3n) is 2.89. The predicted octanol–water partition coefficient (Wildman–Crippen LogP) is 3.42. The monoisotopic (exact) mass is 325 g/mol. The summed E-state index contributed by atoms with van der Waals surface area (Å²) in [4.78, 5) is 24.0. The summed E-state index contributed by atoms with van der Waals surface area (Å²) in [6.07, 6.45) is -0.671. The van der Waals surface area contributed by atoms with Crippen molar-refractivity contribution in [1.82, 2.24) is 5.32 Å². The Morgan fingerprint density at radius 1 is 1.17 bits per heavy atom. The summed E-state index contributed by atoms with van der Waals surface area (Å²) in [5.74, 6) is -1.08. The highest BCUT2D eigenvalue weighted by molar-refractivity contribution is 5.81. The van der Waals surface area contributed by atoms with Crippen molar-refractivity contribution >= 4 is 12.1 Å². The summed E-state index contributed by atoms with van der Waals surface area (Å²) in [6.45, 7) is 8.82. The lowest BCUT2D eigenvalue weighted by Crippen LogP contribution is -2.47. The Hall–Kier alpha value is -2.11. The lowest BCUT2D eigenvalue weighted by molar-refractivity contribution is -0.148. The molecule has 0 aliphatic rings. The van der Waals surface area contributed by atoms with Crippen LogP contribution in [-0.4, -0.2) is 23.7 Å². The van der Waals surface area contributed by atoms with E-state index in [1.54, 1.807) is 34.6 Å². The highest BCUT2D eigenvalue weighted by atomic mass is 19.1. The number of hydrogen-bond donors (Lipinski definition) is 1. The Labute approximate surface area is 136 Å². The second-order valence-corrected chi connectivity index (χ2v) is 6.60. The van der Waals surface area contributed by atoms with Gasteiger partial charge in [-0.25, -0.2) is 14.0 Å². The normalized spacial score (nSPS) is 12.7. The van der Waals surface area contributed by atoms with E-state index in [9.17, 15) is 14.0 Å². The number of halogens is 1. The average molecular weight is 325 g/mol. The van der Waals surface area contributed by atoms with Gasteiger partial charge in [-0.1, -0.05) is 26.0 Å². The van der Waals surface area contributed by atoms with Crippen LogP contribution in [0, 0.1) is 11.7 Å². The summed E-state index contributed by atoms with van der Waals surface area (Å²) >= 11 is 0. The Morgan fingerprint density at radius 2 is 1.74 bits per heavy atom. The summed E-state index contributed by atoms with van der Waals surface area (Å²) in [6, 6.07) is 4.84. The van der Waals surface area contributed by atoms with Crippen LogP contribution in [0.3, 0.4) is 0 Å². The van der Waals surface area contributed by atoms with Crippen LogP contribution in [0.2, 0.25) is 0 Å². The number of rotatable bonds is 5. The molecule has 23 heavy (non-hydrogen) atoms. The van der Waals surface area contributed by atoms with E-state index in [2.05, 4.69) is 5.32 Å². The molecule has 0 saturated heterocycles. The number of hydrogen-bond acceptors (Lipinski definition) is 4. The molecule has 1 aromatic carbocycles. The second kappa shape index (κ2) is 7.94. The van der Waals surface area contributed by atoms with Gasteiger partial charge in [-0.2, -0.15) is 0 Å². The van der Waals surface area contributed by atoms with Crippen LogP contribution < -0.4 is 5.32 Å². The summed E-state index contributed by atoms with van der Waals surface area (Å²) in [7, 11) is 0. The van der Waals surface area contributed by atoms with Gasteiger partial charge in [-0.15, -0.1) is 0 Å². The fourth-order valence-corrected chi connectivity index (χ4v) is 1.76. The fourth-order valence-electron chi connectivity index (χ4n) is 1.76. The van der Waals surface area contributed by atoms with E-state index in [4.69, 9.17) is 9.47 Å². The smallest absolute Gasteiger partial charge is 0.408 e. The van der Waals surface area contributed by atoms with E-state index < -0.39 is 23.7 Å². The first-order valence-corrected chi connectivity index (χ1v) is 7.49. The Bertz CT molecular complexity index is 535. The molecular weight excluding hydrogens is 301 g/mol. The third kappa shape index (κ3) is 7.13. The molecule has 0 heterocycles. The number of benzene rings is 1. The zero-order valence-electron chi connectivity index (χ0n) is 14.2. The van der Waals surface area contributed by atoms with Gasteiger partial charge in [-0.05, 0) is 44.4 Å². The SMILES string of the molecule is CC(C)C(NC(=O)OC(C)(C)C)C(=O)OCc1ccc(F)cc1. The van der Waals surface area contributed by atoms with E-state index >= 15 is 0 Å². The minimum absolute atomic E-state index is 0.0122. The summed E-state index contributed by atoms with van der Waals surface area (Å²) in [5.41, 5.74) is 0.0170. The number of carbonyl (C=O) groups is 2. The van der Waals surface area contributed by atoms with Crippen molar-refractivity contribution in [2.45, 2.75) is 52.9 Å². The van der Waals surface area contributed by atoms with Gasteiger partial charge in [0.25, 0.3) is 0 Å². The second-order valence-electron chi connectivity index (χ2n) is 6.60. The van der Waals surface area contributed by atoms with E-state index in [1.165, 1.54) is 24.3 Å². The van der Waals surface area contributed by atoms with Crippen LogP contribution in [0.5, 0.6) is 0 Å². The fraction of sp³-hybridized carbons (Fsp3) is 0.529. The lowest BCUT2D eigenvalue weighted by atomic mass is 10.1. The van der Waals surface area contributed by atoms with Crippen LogP contribution >= 0.6 is 0 Å². The molecule has 0 fully saturated rings. The minimum Gasteiger partial charge on any atom is -0.459 e. The average Bonchev–Trinajstić information content (AvgIpc) is 2.41. The van der Waals surface area contributed by atoms with E-state index in [-0.39, 0.29) is 18.3 Å². The molecule has 0 aromatic heterocycles. The maximum atomic E-state index is 12.8. The van der Waals surface area contributed by atoms with Crippen LogP contribution in [0.25, 0.3) is 0 Å². The van der Waals surface area contributed by atoms with Gasteiger partial charge in [0.2, 0.25) is 0 Å². The molecule has 1 atom stereocenters. The molecular formula is C17H24FNO4. The molecule has 0 radical (unpaired) electrons. The lowest BCUT2D eigenvalue weighted by Gasteiger charge is -2.24. The van der Waals surface area contributed by atoms with Gasteiger partial charge < -0.3 is 14.8 Å². The summed E-state index contributed by atoms with van der Waals surface area (Å²) < 4.78 is 23.2. The third-order valence-corrected chi connectivity index (χ3v) is 2.89. The minimum atomic E-state index is -0.815. The molecule has 0 aliphatic carbocycles. The van der Waals surface area contributed by atoms with Gasteiger partial charge in [0, 0.05) is 0 Å². The molecule has 0 bridgehead atoms. The van der Waals surface area contributed by atoms with E-state index in [0.29, 0.717) is 5.56 Å². The van der Waals surface area contributed by atoms with Gasteiger partial charge in [0.05, 0.1) is 0 Å². The van der Waals surface area contributed by atoms with Crippen molar-refractivity contribution in [1.29, 1.82) is 0 Å². The van der Waals surface area contributed by atoms with Gasteiger partial charge in [0.1, 0.15) is 24.1 Å². The van der Waals surface area contributed by atoms with Crippen molar-refractivity contribution < 1.29 is 23.5 Å². The Balaban J connectivity index is 2.60. The number of ether oxygens (including phenoxy) is 2. The molecule has 0 aliphatic heterocycles. The number of alkyl carbamates (subject to hydrolysis) is 1. The van der Waals surface area contributed by atoms with Crippen molar-refractivity contribution in [3.05, 3.63) is 35.6 Å². The highest BCUT2D eigenvalue weighted by Gasteiger charge is 2.28. The first-order chi connectivity index (χ1) is 10.6. The van der Waals surface area contributed by atoms with Crippen molar-refractivity contribution in [3.8, 4) is 0 Å². The van der Waals surface area contributed by atoms with E-state index in [0.717, 1.165) is 0 Å². The molecule has 1 amide bonds. The number of amides is 1. The first-order valence-electron chi connectivity index (χ1n) is 7.49. The number of carbonyl (C=O) groups excluding carboxylic acids is 2. The molecule has 0 spiro atoms. The maximum Gasteiger partial charge on any atom is 0.408 e. The molecule has 1 rings (SSSR count). The van der Waals surface area contributed by atoms with Crippen LogP contribution in [0.4, 0.5) is 9.18 Å². The zero-order valence-corrected chi connectivity index (χ0v) is 14.2. The van der Waals surface area contributed by atoms with Gasteiger partial charge >= 0.3 is 12.1 Å². The Kier molecular flexibility index (Phi) is 6.54. The number of esters is 1. The number of nitrogens with one attached hydrogen (secondary N) is 1. The predicted molar refractivity (Wildman–Crippen MR) is 84.2 cm³/mol. The molecule has 128 valence electrons. The van der Waals surface area contributed by atoms with Crippen LogP contribution in [-0.2, 0) is 20.9 Å². The Morgan fingerprint density at radius 3 is 2.22 bits per heavy atom. The van der Waals surface area contributed by atoms with Gasteiger partial charge in [-0.3, -0.25) is 0 Å². The van der Waals surface area contributed by atoms with Gasteiger partial charge in [0.15, 0.2) is 0 Å².